The summed E-state index contributed by atoms with van der Waals surface area (Å²) in [6, 6.07) is 5.46. The molecule has 0 fully saturated rings. The molecule has 0 saturated carbocycles. The van der Waals surface area contributed by atoms with E-state index in [9.17, 15) is 4.79 Å². The number of rotatable bonds is 4. The van der Waals surface area contributed by atoms with Crippen LogP contribution in [-0.2, 0) is 4.79 Å². The van der Waals surface area contributed by atoms with Gasteiger partial charge in [0.25, 0.3) is 0 Å². The summed E-state index contributed by atoms with van der Waals surface area (Å²) < 4.78 is 12.1. The summed E-state index contributed by atoms with van der Waals surface area (Å²) in [5, 5.41) is 4.59. The first-order valence-corrected chi connectivity index (χ1v) is 8.75. The van der Waals surface area contributed by atoms with Crippen molar-refractivity contribution < 1.29 is 14.3 Å². The number of carbonyl (C=O) groups is 1. The lowest BCUT2D eigenvalue weighted by atomic mass is 10.2. The van der Waals surface area contributed by atoms with Crippen LogP contribution in [0.5, 0.6) is 11.5 Å². The van der Waals surface area contributed by atoms with Gasteiger partial charge in [0.2, 0.25) is 5.91 Å². The molecule has 1 N–H and O–H groups in total. The number of ether oxygens (including phenoxy) is 2. The first-order chi connectivity index (χ1) is 10.7. The molecule has 1 aliphatic heterocycles. The lowest BCUT2D eigenvalue weighted by Crippen LogP contribution is -2.22. The molecule has 0 aliphatic carbocycles. The molecule has 5 nitrogen and oxygen atoms in total. The van der Waals surface area contributed by atoms with Gasteiger partial charge in [0, 0.05) is 29.8 Å². The first-order valence-electron chi connectivity index (χ1n) is 6.99. The van der Waals surface area contributed by atoms with Crippen molar-refractivity contribution in [2.45, 2.75) is 22.9 Å². The number of carbonyl (C=O) groups excluding carboxylic acids is 1. The predicted octanol–water partition coefficient (Wildman–Crippen LogP) is 3.42. The second kappa shape index (κ2) is 7.02. The van der Waals surface area contributed by atoms with Crippen molar-refractivity contribution in [1.29, 1.82) is 0 Å². The van der Waals surface area contributed by atoms with E-state index in [1.807, 2.05) is 24.4 Å². The smallest absolute Gasteiger partial charge is 0.237 e. The molecule has 0 bridgehead atoms. The van der Waals surface area contributed by atoms with Crippen LogP contribution in [0.2, 0.25) is 0 Å². The third kappa shape index (κ3) is 3.72. The van der Waals surface area contributed by atoms with E-state index in [0.717, 1.165) is 16.5 Å². The molecule has 1 amide bonds. The van der Waals surface area contributed by atoms with Crippen molar-refractivity contribution in [1.82, 2.24) is 4.98 Å². The number of nitrogens with zero attached hydrogens (tertiary/aromatic N) is 1. The van der Waals surface area contributed by atoms with E-state index in [2.05, 4.69) is 10.3 Å². The van der Waals surface area contributed by atoms with Gasteiger partial charge in [0.1, 0.15) is 0 Å². The highest BCUT2D eigenvalue weighted by Gasteiger charge is 2.17. The van der Waals surface area contributed by atoms with Crippen LogP contribution in [0.4, 0.5) is 5.69 Å². The molecule has 2 heterocycles. The van der Waals surface area contributed by atoms with E-state index in [-0.39, 0.29) is 11.2 Å². The minimum atomic E-state index is -0.220. The second-order valence-corrected chi connectivity index (χ2v) is 7.24. The SMILES string of the molecule is CC(Sc1nccs1)C(=O)Nc1ccc2c(c1)OCCCO2. The summed E-state index contributed by atoms with van der Waals surface area (Å²) in [4.78, 5) is 16.4. The van der Waals surface area contributed by atoms with Crippen LogP contribution in [0.25, 0.3) is 0 Å². The lowest BCUT2D eigenvalue weighted by molar-refractivity contribution is -0.115. The minimum Gasteiger partial charge on any atom is -0.490 e. The Labute approximate surface area is 137 Å². The Balaban J connectivity index is 1.64. The molecule has 2 aromatic rings. The fraction of sp³-hybridized carbons (Fsp3) is 0.333. The van der Waals surface area contributed by atoms with Gasteiger partial charge >= 0.3 is 0 Å². The summed E-state index contributed by atoms with van der Waals surface area (Å²) in [5.41, 5.74) is 0.709. The number of anilines is 1. The van der Waals surface area contributed by atoms with Gasteiger partial charge < -0.3 is 14.8 Å². The number of nitrogens with one attached hydrogen (secondary N) is 1. The fourth-order valence-electron chi connectivity index (χ4n) is 1.96. The maximum absolute atomic E-state index is 12.2. The van der Waals surface area contributed by atoms with E-state index in [1.165, 1.54) is 23.1 Å². The molecule has 1 aromatic heterocycles. The Bertz CT molecular complexity index is 646. The van der Waals surface area contributed by atoms with Gasteiger partial charge in [-0.3, -0.25) is 4.79 Å². The Morgan fingerprint density at radius 1 is 1.36 bits per heavy atom. The van der Waals surface area contributed by atoms with Gasteiger partial charge in [-0.05, 0) is 19.1 Å². The third-order valence-corrected chi connectivity index (χ3v) is 5.09. The molecule has 0 saturated heterocycles. The number of thiazole rings is 1. The van der Waals surface area contributed by atoms with Crippen molar-refractivity contribution in [2.75, 3.05) is 18.5 Å². The average Bonchev–Trinajstić information content (AvgIpc) is 2.90. The molecule has 1 aromatic carbocycles. The monoisotopic (exact) mass is 336 g/mol. The average molecular weight is 336 g/mol. The molecular weight excluding hydrogens is 320 g/mol. The van der Waals surface area contributed by atoms with Crippen LogP contribution in [-0.4, -0.2) is 29.4 Å². The standard InChI is InChI=1S/C15H16N2O3S2/c1-10(22-15-16-5-8-21-15)14(18)17-11-3-4-12-13(9-11)20-7-2-6-19-12/h3-5,8-10H,2,6-7H2,1H3,(H,17,18). The third-order valence-electron chi connectivity index (χ3n) is 3.07. The molecule has 116 valence electrons. The fourth-order valence-corrected chi connectivity index (χ4v) is 3.73. The van der Waals surface area contributed by atoms with E-state index in [1.54, 1.807) is 12.3 Å². The lowest BCUT2D eigenvalue weighted by Gasteiger charge is -2.13. The van der Waals surface area contributed by atoms with E-state index < -0.39 is 0 Å². The van der Waals surface area contributed by atoms with Crippen LogP contribution < -0.4 is 14.8 Å². The highest BCUT2D eigenvalue weighted by molar-refractivity contribution is 8.02. The zero-order chi connectivity index (χ0) is 15.4. The number of hydrogen-bond acceptors (Lipinski definition) is 6. The zero-order valence-corrected chi connectivity index (χ0v) is 13.7. The maximum atomic E-state index is 12.2. The zero-order valence-electron chi connectivity index (χ0n) is 12.1. The van der Waals surface area contributed by atoms with Gasteiger partial charge in [0.15, 0.2) is 15.8 Å². The predicted molar refractivity (Wildman–Crippen MR) is 88.1 cm³/mol. The highest BCUT2D eigenvalue weighted by atomic mass is 32.2. The molecule has 1 atom stereocenters. The second-order valence-electron chi connectivity index (χ2n) is 4.76. The normalized spacial score (nSPS) is 15.0. The Morgan fingerprint density at radius 3 is 2.95 bits per heavy atom. The number of hydrogen-bond donors (Lipinski definition) is 1. The molecule has 22 heavy (non-hydrogen) atoms. The number of fused-ring (bicyclic) bond motifs is 1. The van der Waals surface area contributed by atoms with Gasteiger partial charge in [-0.15, -0.1) is 11.3 Å². The van der Waals surface area contributed by atoms with Crippen LogP contribution in [0.3, 0.4) is 0 Å². The van der Waals surface area contributed by atoms with E-state index >= 15 is 0 Å². The van der Waals surface area contributed by atoms with E-state index in [4.69, 9.17) is 9.47 Å². The molecule has 0 radical (unpaired) electrons. The topological polar surface area (TPSA) is 60.5 Å². The molecule has 1 aliphatic rings. The van der Waals surface area contributed by atoms with Gasteiger partial charge in [-0.1, -0.05) is 11.8 Å². The highest BCUT2D eigenvalue weighted by Crippen LogP contribution is 2.33. The number of amides is 1. The van der Waals surface area contributed by atoms with Crippen LogP contribution in [0, 0.1) is 0 Å². The quantitative estimate of drug-likeness (QED) is 0.867. The molecular formula is C15H16N2O3S2. The number of thioether (sulfide) groups is 1. The van der Waals surface area contributed by atoms with Gasteiger partial charge in [0.05, 0.1) is 18.5 Å². The van der Waals surface area contributed by atoms with Crippen LogP contribution in [0.1, 0.15) is 13.3 Å². The van der Waals surface area contributed by atoms with Crippen LogP contribution >= 0.6 is 23.1 Å². The molecule has 3 rings (SSSR count). The summed E-state index contributed by atoms with van der Waals surface area (Å²) in [7, 11) is 0. The number of benzene rings is 1. The van der Waals surface area contributed by atoms with E-state index in [0.29, 0.717) is 24.7 Å². The molecule has 0 spiro atoms. The van der Waals surface area contributed by atoms with Crippen molar-refractivity contribution in [3.8, 4) is 11.5 Å². The van der Waals surface area contributed by atoms with Crippen molar-refractivity contribution >= 4 is 34.7 Å². The summed E-state index contributed by atoms with van der Waals surface area (Å²) in [6.07, 6.45) is 2.60. The first kappa shape index (κ1) is 15.2. The van der Waals surface area contributed by atoms with Gasteiger partial charge in [-0.2, -0.15) is 0 Å². The summed E-state index contributed by atoms with van der Waals surface area (Å²) in [6.45, 7) is 3.14. The van der Waals surface area contributed by atoms with Crippen molar-refractivity contribution in [3.63, 3.8) is 0 Å². The van der Waals surface area contributed by atoms with Crippen LogP contribution in [0.15, 0.2) is 34.1 Å². The Kier molecular flexibility index (Phi) is 4.84. The van der Waals surface area contributed by atoms with Gasteiger partial charge in [-0.25, -0.2) is 4.98 Å². The maximum Gasteiger partial charge on any atom is 0.237 e. The minimum absolute atomic E-state index is 0.0605. The van der Waals surface area contributed by atoms with Crippen molar-refractivity contribution in [2.24, 2.45) is 0 Å². The number of aromatic nitrogens is 1. The summed E-state index contributed by atoms with van der Waals surface area (Å²) >= 11 is 2.98. The Morgan fingerprint density at radius 2 is 2.18 bits per heavy atom. The molecule has 1 unspecified atom stereocenters. The molecule has 7 heteroatoms. The Hall–Kier alpha value is -1.73. The largest absolute Gasteiger partial charge is 0.490 e. The summed E-state index contributed by atoms with van der Waals surface area (Å²) in [5.74, 6) is 1.34. The van der Waals surface area contributed by atoms with Crippen molar-refractivity contribution in [3.05, 3.63) is 29.8 Å².